The van der Waals surface area contributed by atoms with Crippen LogP contribution in [0, 0.1) is 11.7 Å². The van der Waals surface area contributed by atoms with Gasteiger partial charge in [0.1, 0.15) is 6.61 Å². The molecule has 2 heterocycles. The number of aromatic nitrogens is 4. The molecule has 0 aliphatic rings. The number of ether oxygens (including phenoxy) is 2. The average molecular weight is 512 g/mol. The van der Waals surface area contributed by atoms with Crippen molar-refractivity contribution in [3.05, 3.63) is 86.9 Å². The van der Waals surface area contributed by atoms with Crippen molar-refractivity contribution < 1.29 is 9.47 Å². The molecule has 164 valence electrons. The second-order valence-corrected chi connectivity index (χ2v) is 8.37. The number of pyridine rings is 1. The van der Waals surface area contributed by atoms with Crippen molar-refractivity contribution in [2.45, 2.75) is 20.1 Å². The normalized spacial score (nSPS) is 10.7. The lowest BCUT2D eigenvalue weighted by Crippen LogP contribution is -2.16. The summed E-state index contributed by atoms with van der Waals surface area (Å²) < 4.78 is 14.7. The van der Waals surface area contributed by atoms with Crippen LogP contribution < -0.4 is 14.9 Å². The standard InChI is InChI=1S/C23H22BrN5O2S/c1-15-3-5-16(6-4-15)14-31-21-12-19(24)18(11-20(21)30-2)13-26-29-22(27-28-23(29)32)17-7-9-25-10-8-17/h3-12,26H,13-14H2,1-2H3,(H,28,32). The lowest BCUT2D eigenvalue weighted by Gasteiger charge is -2.16. The maximum Gasteiger partial charge on any atom is 0.214 e. The first-order chi connectivity index (χ1) is 15.5. The molecule has 0 saturated heterocycles. The van der Waals surface area contributed by atoms with Crippen molar-refractivity contribution >= 4 is 28.1 Å². The Morgan fingerprint density at radius 1 is 1.09 bits per heavy atom. The van der Waals surface area contributed by atoms with Gasteiger partial charge in [-0.25, -0.2) is 9.77 Å². The number of hydrogen-bond donors (Lipinski definition) is 2. The van der Waals surface area contributed by atoms with Gasteiger partial charge >= 0.3 is 0 Å². The number of aromatic amines is 1. The fourth-order valence-corrected chi connectivity index (χ4v) is 3.79. The van der Waals surface area contributed by atoms with Crippen molar-refractivity contribution in [2.24, 2.45) is 0 Å². The Hall–Kier alpha value is -3.17. The van der Waals surface area contributed by atoms with Crippen LogP contribution in [0.1, 0.15) is 16.7 Å². The Bertz CT molecular complexity index is 1260. The van der Waals surface area contributed by atoms with Crippen LogP contribution in [-0.4, -0.2) is 27.0 Å². The molecular weight excluding hydrogens is 490 g/mol. The highest BCUT2D eigenvalue weighted by molar-refractivity contribution is 9.10. The van der Waals surface area contributed by atoms with E-state index in [2.05, 4.69) is 67.7 Å². The van der Waals surface area contributed by atoms with Crippen LogP contribution in [-0.2, 0) is 13.2 Å². The highest BCUT2D eigenvalue weighted by Crippen LogP contribution is 2.34. The Balaban J connectivity index is 1.51. The molecule has 0 atom stereocenters. The van der Waals surface area contributed by atoms with Gasteiger partial charge in [0.25, 0.3) is 0 Å². The van der Waals surface area contributed by atoms with E-state index in [4.69, 9.17) is 21.7 Å². The molecule has 0 bridgehead atoms. The minimum absolute atomic E-state index is 0.458. The fourth-order valence-electron chi connectivity index (χ4n) is 3.13. The van der Waals surface area contributed by atoms with Gasteiger partial charge in [0.2, 0.25) is 4.77 Å². The van der Waals surface area contributed by atoms with Gasteiger partial charge in [-0.05, 0) is 54.5 Å². The molecule has 4 rings (SSSR count). The summed E-state index contributed by atoms with van der Waals surface area (Å²) in [5.41, 5.74) is 7.52. The minimum atomic E-state index is 0.458. The molecule has 0 radical (unpaired) electrons. The van der Waals surface area contributed by atoms with E-state index < -0.39 is 0 Å². The Morgan fingerprint density at radius 2 is 1.84 bits per heavy atom. The van der Waals surface area contributed by atoms with Gasteiger partial charge in [0, 0.05) is 22.4 Å². The van der Waals surface area contributed by atoms with E-state index in [1.54, 1.807) is 24.2 Å². The number of hydrogen-bond acceptors (Lipinski definition) is 6. The number of rotatable bonds is 8. The molecule has 0 fully saturated rings. The summed E-state index contributed by atoms with van der Waals surface area (Å²) in [5, 5.41) is 7.16. The zero-order valence-corrected chi connectivity index (χ0v) is 20.0. The number of methoxy groups -OCH3 is 1. The molecule has 0 aliphatic carbocycles. The van der Waals surface area contributed by atoms with Gasteiger partial charge < -0.3 is 14.9 Å². The number of nitrogens with zero attached hydrogens (tertiary/aromatic N) is 3. The lowest BCUT2D eigenvalue weighted by atomic mass is 10.1. The molecule has 0 saturated carbocycles. The van der Waals surface area contributed by atoms with Crippen molar-refractivity contribution in [3.8, 4) is 22.9 Å². The van der Waals surface area contributed by atoms with Crippen LogP contribution in [0.15, 0.2) is 65.4 Å². The lowest BCUT2D eigenvalue weighted by molar-refractivity contribution is 0.284. The van der Waals surface area contributed by atoms with Crippen molar-refractivity contribution in [1.82, 2.24) is 19.9 Å². The molecule has 0 spiro atoms. The number of aryl methyl sites for hydroxylation is 1. The Kier molecular flexibility index (Phi) is 6.87. The Morgan fingerprint density at radius 3 is 2.56 bits per heavy atom. The third kappa shape index (κ3) is 5.00. The zero-order chi connectivity index (χ0) is 22.5. The van der Waals surface area contributed by atoms with Crippen LogP contribution in [0.3, 0.4) is 0 Å². The molecule has 32 heavy (non-hydrogen) atoms. The van der Waals surface area contributed by atoms with Crippen LogP contribution >= 0.6 is 28.1 Å². The maximum absolute atomic E-state index is 6.02. The minimum Gasteiger partial charge on any atom is -0.493 e. The average Bonchev–Trinajstić information content (AvgIpc) is 3.18. The Labute approximate surface area is 199 Å². The molecule has 9 heteroatoms. The largest absolute Gasteiger partial charge is 0.493 e. The molecule has 2 aromatic carbocycles. The first-order valence-electron chi connectivity index (χ1n) is 9.91. The summed E-state index contributed by atoms with van der Waals surface area (Å²) >= 11 is 9.04. The van der Waals surface area contributed by atoms with Crippen LogP contribution in [0.2, 0.25) is 0 Å². The first kappa shape index (κ1) is 22.0. The van der Waals surface area contributed by atoms with Gasteiger partial charge in [0.15, 0.2) is 17.3 Å². The molecule has 0 aliphatic heterocycles. The van der Waals surface area contributed by atoms with Crippen molar-refractivity contribution in [1.29, 1.82) is 0 Å². The SMILES string of the molecule is COc1cc(CNn2c(-c3ccncc3)n[nH]c2=S)c(Br)cc1OCc1ccc(C)cc1. The van der Waals surface area contributed by atoms with E-state index in [-0.39, 0.29) is 0 Å². The second-order valence-electron chi connectivity index (χ2n) is 7.13. The first-order valence-corrected chi connectivity index (χ1v) is 11.1. The van der Waals surface area contributed by atoms with Crippen LogP contribution in [0.25, 0.3) is 11.4 Å². The van der Waals surface area contributed by atoms with E-state index in [1.807, 2.05) is 24.3 Å². The summed E-state index contributed by atoms with van der Waals surface area (Å²) in [4.78, 5) is 4.05. The predicted molar refractivity (Wildman–Crippen MR) is 130 cm³/mol. The molecule has 2 aromatic heterocycles. The van der Waals surface area contributed by atoms with E-state index in [9.17, 15) is 0 Å². The molecule has 7 nitrogen and oxygen atoms in total. The van der Waals surface area contributed by atoms with Crippen LogP contribution in [0.4, 0.5) is 0 Å². The second kappa shape index (κ2) is 9.97. The molecule has 0 amide bonds. The van der Waals surface area contributed by atoms with Crippen LogP contribution in [0.5, 0.6) is 11.5 Å². The molecular formula is C23H22BrN5O2S. The van der Waals surface area contributed by atoms with Crippen molar-refractivity contribution in [2.75, 3.05) is 12.5 Å². The fraction of sp³-hybridized carbons (Fsp3) is 0.174. The monoisotopic (exact) mass is 511 g/mol. The maximum atomic E-state index is 6.02. The third-order valence-electron chi connectivity index (χ3n) is 4.89. The summed E-state index contributed by atoms with van der Waals surface area (Å²) in [6.07, 6.45) is 3.43. The summed E-state index contributed by atoms with van der Waals surface area (Å²) in [5.74, 6) is 2.00. The number of nitrogens with one attached hydrogen (secondary N) is 2. The van der Waals surface area contributed by atoms with E-state index in [1.165, 1.54) is 5.56 Å². The smallest absolute Gasteiger partial charge is 0.214 e. The third-order valence-corrected chi connectivity index (χ3v) is 5.90. The molecule has 4 aromatic rings. The summed E-state index contributed by atoms with van der Waals surface area (Å²) in [7, 11) is 1.63. The number of H-pyrrole nitrogens is 1. The highest BCUT2D eigenvalue weighted by Gasteiger charge is 2.13. The van der Waals surface area contributed by atoms with E-state index >= 15 is 0 Å². The summed E-state index contributed by atoms with van der Waals surface area (Å²) in [6, 6.07) is 15.9. The van der Waals surface area contributed by atoms with Gasteiger partial charge in [-0.3, -0.25) is 4.98 Å². The topological polar surface area (TPSA) is 77.0 Å². The van der Waals surface area contributed by atoms with E-state index in [0.29, 0.717) is 35.2 Å². The zero-order valence-electron chi connectivity index (χ0n) is 17.6. The number of benzene rings is 2. The van der Waals surface area contributed by atoms with Gasteiger partial charge in [0.05, 0.1) is 13.7 Å². The molecule has 0 unspecified atom stereocenters. The highest BCUT2D eigenvalue weighted by atomic mass is 79.9. The van der Waals surface area contributed by atoms with Gasteiger partial charge in [-0.15, -0.1) is 0 Å². The van der Waals surface area contributed by atoms with E-state index in [0.717, 1.165) is 21.2 Å². The van der Waals surface area contributed by atoms with Crippen molar-refractivity contribution in [3.63, 3.8) is 0 Å². The number of halogens is 1. The summed E-state index contributed by atoms with van der Waals surface area (Å²) in [6.45, 7) is 3.01. The van der Waals surface area contributed by atoms with Gasteiger partial charge in [-0.2, -0.15) is 5.10 Å². The quantitative estimate of drug-likeness (QED) is 0.308. The molecule has 2 N–H and O–H groups in total. The predicted octanol–water partition coefficient (Wildman–Crippen LogP) is 5.40. The van der Waals surface area contributed by atoms with Gasteiger partial charge in [-0.1, -0.05) is 45.8 Å².